The maximum atomic E-state index is 12.3. The number of hydrogen-bond acceptors (Lipinski definition) is 4. The van der Waals surface area contributed by atoms with E-state index < -0.39 is 0 Å². The molecule has 0 aromatic heterocycles. The van der Waals surface area contributed by atoms with Crippen LogP contribution in [-0.2, 0) is 4.79 Å². The zero-order valence-corrected chi connectivity index (χ0v) is 12.7. The molecule has 6 heteroatoms. The smallest absolute Gasteiger partial charge is 0.262 e. The van der Waals surface area contributed by atoms with Crippen LogP contribution in [0.5, 0.6) is 5.75 Å². The summed E-state index contributed by atoms with van der Waals surface area (Å²) < 4.78 is 5.29. The summed E-state index contributed by atoms with van der Waals surface area (Å²) >= 11 is 0. The lowest BCUT2D eigenvalue weighted by Crippen LogP contribution is -2.42. The fraction of sp³-hybridized carbons (Fsp3) is 0.500. The average Bonchev–Trinajstić information content (AvgIpc) is 2.52. The second-order valence-electron chi connectivity index (χ2n) is 6.29. The molecular weight excluding hydrogens is 282 g/mol. The van der Waals surface area contributed by atoms with Gasteiger partial charge in [0.05, 0.1) is 5.69 Å². The zero-order valence-electron chi connectivity index (χ0n) is 12.7. The van der Waals surface area contributed by atoms with Crippen LogP contribution in [0.2, 0.25) is 0 Å². The van der Waals surface area contributed by atoms with Crippen LogP contribution in [0.3, 0.4) is 0 Å². The predicted molar refractivity (Wildman–Crippen MR) is 83.1 cm³/mol. The molecule has 22 heavy (non-hydrogen) atoms. The maximum Gasteiger partial charge on any atom is 0.262 e. The largest absolute Gasteiger partial charge is 0.482 e. The lowest BCUT2D eigenvalue weighted by Gasteiger charge is -2.34. The first-order valence-electron chi connectivity index (χ1n) is 7.61. The van der Waals surface area contributed by atoms with Gasteiger partial charge in [-0.2, -0.15) is 0 Å². The number of benzene rings is 1. The van der Waals surface area contributed by atoms with Gasteiger partial charge in [0.15, 0.2) is 6.61 Å². The van der Waals surface area contributed by atoms with Crippen LogP contribution in [0.4, 0.5) is 5.69 Å². The molecule has 0 unspecified atom stereocenters. The number of carbonyl (C=O) groups excluding carboxylic acids is 2. The van der Waals surface area contributed by atoms with E-state index in [4.69, 9.17) is 4.74 Å². The Morgan fingerprint density at radius 3 is 2.91 bits per heavy atom. The summed E-state index contributed by atoms with van der Waals surface area (Å²) in [6.45, 7) is 4.87. The number of anilines is 1. The molecule has 1 fully saturated rings. The Morgan fingerprint density at radius 1 is 1.36 bits per heavy atom. The van der Waals surface area contributed by atoms with Gasteiger partial charge in [0.2, 0.25) is 0 Å². The van der Waals surface area contributed by atoms with Crippen LogP contribution in [0.1, 0.15) is 30.1 Å². The van der Waals surface area contributed by atoms with Crippen molar-refractivity contribution in [1.29, 1.82) is 0 Å². The lowest BCUT2D eigenvalue weighted by molar-refractivity contribution is -0.118. The van der Waals surface area contributed by atoms with Gasteiger partial charge in [-0.3, -0.25) is 9.59 Å². The van der Waals surface area contributed by atoms with E-state index in [9.17, 15) is 9.59 Å². The number of hydrogen-bond donors (Lipinski definition) is 3. The van der Waals surface area contributed by atoms with Crippen LogP contribution in [0.15, 0.2) is 18.2 Å². The summed E-state index contributed by atoms with van der Waals surface area (Å²) in [6.07, 6.45) is 2.11. The number of carbonyl (C=O) groups is 2. The molecule has 0 radical (unpaired) electrons. The molecule has 1 aromatic carbocycles. The highest BCUT2D eigenvalue weighted by molar-refractivity contribution is 5.99. The molecule has 6 nitrogen and oxygen atoms in total. The van der Waals surface area contributed by atoms with Crippen molar-refractivity contribution < 1.29 is 14.3 Å². The van der Waals surface area contributed by atoms with Crippen LogP contribution in [0.25, 0.3) is 0 Å². The van der Waals surface area contributed by atoms with Crippen LogP contribution < -0.4 is 20.7 Å². The van der Waals surface area contributed by atoms with E-state index in [2.05, 4.69) is 22.9 Å². The Kier molecular flexibility index (Phi) is 4.02. The van der Waals surface area contributed by atoms with E-state index in [-0.39, 0.29) is 23.8 Å². The number of piperidine rings is 1. The molecule has 3 rings (SSSR count). The summed E-state index contributed by atoms with van der Waals surface area (Å²) in [6, 6.07) is 5.10. The van der Waals surface area contributed by atoms with Crippen molar-refractivity contribution in [1.82, 2.24) is 10.6 Å². The number of fused-ring (bicyclic) bond motifs is 1. The molecule has 0 bridgehead atoms. The highest BCUT2D eigenvalue weighted by Gasteiger charge is 2.27. The van der Waals surface area contributed by atoms with Gasteiger partial charge >= 0.3 is 0 Å². The minimum Gasteiger partial charge on any atom is -0.482 e. The van der Waals surface area contributed by atoms with E-state index >= 15 is 0 Å². The number of nitrogens with one attached hydrogen (secondary N) is 3. The zero-order chi connectivity index (χ0) is 15.6. The second-order valence-corrected chi connectivity index (χ2v) is 6.29. The number of ether oxygens (including phenoxy) is 1. The molecule has 2 aliphatic rings. The SMILES string of the molecule is CC1(CNC(=O)c2ccc3c(c2)NC(=O)CO3)CCNCC1. The summed E-state index contributed by atoms with van der Waals surface area (Å²) in [5.74, 6) is 0.274. The standard InChI is InChI=1S/C16H21N3O3/c1-16(4-6-17-7-5-16)10-18-15(21)11-2-3-13-12(8-11)19-14(20)9-22-13/h2-3,8,17H,4-7,9-10H2,1H3,(H,18,21)(H,19,20). The first kappa shape index (κ1) is 14.8. The van der Waals surface area contributed by atoms with Crippen molar-refractivity contribution >= 4 is 17.5 Å². The molecule has 1 aromatic rings. The minimum atomic E-state index is -0.202. The Balaban J connectivity index is 1.65. The van der Waals surface area contributed by atoms with Gasteiger partial charge < -0.3 is 20.7 Å². The summed E-state index contributed by atoms with van der Waals surface area (Å²) in [5, 5.41) is 9.05. The Morgan fingerprint density at radius 2 is 2.14 bits per heavy atom. The fourth-order valence-electron chi connectivity index (χ4n) is 2.83. The van der Waals surface area contributed by atoms with Gasteiger partial charge in [-0.25, -0.2) is 0 Å². The quantitative estimate of drug-likeness (QED) is 0.782. The van der Waals surface area contributed by atoms with Crippen LogP contribution in [0, 0.1) is 5.41 Å². The molecule has 2 heterocycles. The topological polar surface area (TPSA) is 79.5 Å². The van der Waals surface area contributed by atoms with Crippen LogP contribution >= 0.6 is 0 Å². The van der Waals surface area contributed by atoms with E-state index in [1.165, 1.54) is 0 Å². The van der Waals surface area contributed by atoms with Gasteiger partial charge in [0.1, 0.15) is 5.75 Å². The van der Waals surface area contributed by atoms with E-state index in [0.29, 0.717) is 23.5 Å². The first-order valence-corrected chi connectivity index (χ1v) is 7.61. The normalized spacial score (nSPS) is 19.6. The van der Waals surface area contributed by atoms with Crippen LogP contribution in [-0.4, -0.2) is 38.1 Å². The molecule has 2 aliphatic heterocycles. The van der Waals surface area contributed by atoms with Gasteiger partial charge in [-0.1, -0.05) is 6.92 Å². The van der Waals surface area contributed by atoms with Gasteiger partial charge in [-0.05, 0) is 49.5 Å². The third kappa shape index (κ3) is 3.22. The highest BCUT2D eigenvalue weighted by Crippen LogP contribution is 2.29. The Labute approximate surface area is 129 Å². The van der Waals surface area contributed by atoms with Crippen molar-refractivity contribution in [3.63, 3.8) is 0 Å². The van der Waals surface area contributed by atoms with E-state index in [1.807, 2.05) is 0 Å². The second kappa shape index (κ2) is 5.96. The molecule has 0 aliphatic carbocycles. The molecule has 0 saturated carbocycles. The van der Waals surface area contributed by atoms with Crippen molar-refractivity contribution in [3.05, 3.63) is 23.8 Å². The lowest BCUT2D eigenvalue weighted by atomic mass is 9.81. The van der Waals surface area contributed by atoms with Crippen molar-refractivity contribution in [2.45, 2.75) is 19.8 Å². The molecule has 3 N–H and O–H groups in total. The van der Waals surface area contributed by atoms with Crippen molar-refractivity contribution in [3.8, 4) is 5.75 Å². The van der Waals surface area contributed by atoms with Crippen molar-refractivity contribution in [2.24, 2.45) is 5.41 Å². The Bertz CT molecular complexity index is 594. The van der Waals surface area contributed by atoms with E-state index in [1.54, 1.807) is 18.2 Å². The maximum absolute atomic E-state index is 12.3. The average molecular weight is 303 g/mol. The third-order valence-electron chi connectivity index (χ3n) is 4.36. The monoisotopic (exact) mass is 303 g/mol. The van der Waals surface area contributed by atoms with Gasteiger partial charge in [-0.15, -0.1) is 0 Å². The highest BCUT2D eigenvalue weighted by atomic mass is 16.5. The van der Waals surface area contributed by atoms with Gasteiger partial charge in [0, 0.05) is 12.1 Å². The molecule has 2 amide bonds. The predicted octanol–water partition coefficient (Wildman–Crippen LogP) is 1.14. The number of rotatable bonds is 3. The fourth-order valence-corrected chi connectivity index (χ4v) is 2.83. The summed E-state index contributed by atoms with van der Waals surface area (Å²) in [7, 11) is 0. The van der Waals surface area contributed by atoms with Crippen molar-refractivity contribution in [2.75, 3.05) is 31.6 Å². The first-order chi connectivity index (χ1) is 10.6. The van der Waals surface area contributed by atoms with Gasteiger partial charge in [0.25, 0.3) is 11.8 Å². The summed E-state index contributed by atoms with van der Waals surface area (Å²) in [5.41, 5.74) is 1.23. The minimum absolute atomic E-state index is 0.0188. The molecular formula is C16H21N3O3. The summed E-state index contributed by atoms with van der Waals surface area (Å²) in [4.78, 5) is 23.7. The third-order valence-corrected chi connectivity index (χ3v) is 4.36. The Hall–Kier alpha value is -2.08. The molecule has 0 atom stereocenters. The number of amides is 2. The molecule has 118 valence electrons. The van der Waals surface area contributed by atoms with E-state index in [0.717, 1.165) is 25.9 Å². The molecule has 1 saturated heterocycles. The molecule has 0 spiro atoms.